The zero-order valence-electron chi connectivity index (χ0n) is 13.5. The van der Waals surface area contributed by atoms with Gasteiger partial charge in [0.1, 0.15) is 5.82 Å². The van der Waals surface area contributed by atoms with Crippen LogP contribution in [0.5, 0.6) is 0 Å². The summed E-state index contributed by atoms with van der Waals surface area (Å²) in [4.78, 5) is 13.6. The Hall–Kier alpha value is -1.62. The van der Waals surface area contributed by atoms with Gasteiger partial charge in [0.05, 0.1) is 6.54 Å². The summed E-state index contributed by atoms with van der Waals surface area (Å²) in [5.41, 5.74) is 1.33. The van der Waals surface area contributed by atoms with Gasteiger partial charge in [-0.15, -0.1) is 0 Å². The molecule has 5 heteroatoms. The second kappa shape index (κ2) is 7.98. The van der Waals surface area contributed by atoms with Gasteiger partial charge in [-0.1, -0.05) is 19.9 Å². The zero-order chi connectivity index (χ0) is 16.0. The van der Waals surface area contributed by atoms with Crippen molar-refractivity contribution in [1.29, 1.82) is 0 Å². The highest BCUT2D eigenvalue weighted by Gasteiger charge is 2.15. The Labute approximate surface area is 126 Å². The lowest BCUT2D eigenvalue weighted by molar-refractivity contribution is -0.120. The molecule has 1 aromatic carbocycles. The van der Waals surface area contributed by atoms with Crippen LogP contribution in [0.25, 0.3) is 0 Å². The molecule has 0 saturated carbocycles. The lowest BCUT2D eigenvalue weighted by Crippen LogP contribution is -2.39. The fourth-order valence-electron chi connectivity index (χ4n) is 2.05. The van der Waals surface area contributed by atoms with Crippen molar-refractivity contribution in [3.63, 3.8) is 0 Å². The van der Waals surface area contributed by atoms with Crippen molar-refractivity contribution >= 4 is 11.6 Å². The Kier molecular flexibility index (Phi) is 6.62. The number of anilines is 1. The quantitative estimate of drug-likeness (QED) is 0.811. The van der Waals surface area contributed by atoms with Crippen LogP contribution in [-0.2, 0) is 11.3 Å². The van der Waals surface area contributed by atoms with Crippen LogP contribution in [0.2, 0.25) is 0 Å². The molecule has 118 valence electrons. The number of carbonyl (C=O) groups is 1. The number of hydrogen-bond acceptors (Lipinski definition) is 3. The van der Waals surface area contributed by atoms with Gasteiger partial charge in [0.15, 0.2) is 0 Å². The molecule has 2 N–H and O–H groups in total. The number of rotatable bonds is 7. The van der Waals surface area contributed by atoms with E-state index in [-0.39, 0.29) is 30.4 Å². The highest BCUT2D eigenvalue weighted by Crippen LogP contribution is 2.22. The van der Waals surface area contributed by atoms with E-state index in [0.717, 1.165) is 5.69 Å². The van der Waals surface area contributed by atoms with Crippen molar-refractivity contribution < 1.29 is 9.18 Å². The minimum Gasteiger partial charge on any atom is -0.365 e. The van der Waals surface area contributed by atoms with Gasteiger partial charge in [-0.25, -0.2) is 4.39 Å². The second-order valence-electron chi connectivity index (χ2n) is 5.85. The minimum atomic E-state index is -0.253. The highest BCUT2D eigenvalue weighted by atomic mass is 19.1. The maximum atomic E-state index is 14.0. The van der Waals surface area contributed by atoms with Crippen LogP contribution < -0.4 is 15.5 Å². The molecular formula is C16H26FN3O. The Bertz CT molecular complexity index is 475. The molecule has 0 heterocycles. The van der Waals surface area contributed by atoms with Crippen LogP contribution >= 0.6 is 0 Å². The summed E-state index contributed by atoms with van der Waals surface area (Å²) in [7, 11) is 1.80. The van der Waals surface area contributed by atoms with Crippen molar-refractivity contribution in [2.24, 2.45) is 0 Å². The number of benzene rings is 1. The normalized spacial score (nSPS) is 11.0. The molecule has 0 saturated heterocycles. The van der Waals surface area contributed by atoms with Crippen LogP contribution in [0.1, 0.15) is 33.3 Å². The topological polar surface area (TPSA) is 44.4 Å². The molecule has 4 nitrogen and oxygen atoms in total. The number of carbonyl (C=O) groups excluding carboxylic acids is 1. The zero-order valence-corrected chi connectivity index (χ0v) is 13.5. The monoisotopic (exact) mass is 295 g/mol. The van der Waals surface area contributed by atoms with Gasteiger partial charge in [-0.2, -0.15) is 0 Å². The van der Waals surface area contributed by atoms with Crippen molar-refractivity contribution in [3.05, 3.63) is 29.6 Å². The van der Waals surface area contributed by atoms with Crippen molar-refractivity contribution in [1.82, 2.24) is 10.6 Å². The molecule has 0 unspecified atom stereocenters. The summed E-state index contributed by atoms with van der Waals surface area (Å²) in [5.74, 6) is -0.323. The van der Waals surface area contributed by atoms with E-state index in [1.165, 1.54) is 6.07 Å². The first kappa shape index (κ1) is 17.4. The molecule has 0 bridgehead atoms. The van der Waals surface area contributed by atoms with E-state index in [1.54, 1.807) is 18.0 Å². The average molecular weight is 295 g/mol. The summed E-state index contributed by atoms with van der Waals surface area (Å²) in [5, 5.41) is 6.05. The first-order chi connectivity index (χ1) is 9.81. The molecule has 0 aromatic heterocycles. The van der Waals surface area contributed by atoms with Gasteiger partial charge >= 0.3 is 0 Å². The van der Waals surface area contributed by atoms with Crippen molar-refractivity contribution in [2.75, 3.05) is 18.5 Å². The summed E-state index contributed by atoms with van der Waals surface area (Å²) < 4.78 is 14.0. The third-order valence-electron chi connectivity index (χ3n) is 3.02. The molecule has 0 radical (unpaired) electrons. The Balaban J connectivity index is 2.85. The van der Waals surface area contributed by atoms with Crippen molar-refractivity contribution in [3.8, 4) is 0 Å². The predicted molar refractivity (Wildman–Crippen MR) is 84.9 cm³/mol. The summed E-state index contributed by atoms with van der Waals surface area (Å²) >= 11 is 0. The number of nitrogens with zero attached hydrogens (tertiary/aromatic N) is 1. The summed E-state index contributed by atoms with van der Waals surface area (Å²) in [6.45, 7) is 8.50. The lowest BCUT2D eigenvalue weighted by Gasteiger charge is -2.23. The van der Waals surface area contributed by atoms with E-state index >= 15 is 0 Å². The SMILES string of the molecule is CC(C)NCc1c(F)cccc1N(C)CC(=O)NC(C)C. The van der Waals surface area contributed by atoms with E-state index in [9.17, 15) is 9.18 Å². The van der Waals surface area contributed by atoms with E-state index < -0.39 is 0 Å². The van der Waals surface area contributed by atoms with Crippen LogP contribution in [0.15, 0.2) is 18.2 Å². The average Bonchev–Trinajstić information content (AvgIpc) is 2.35. The fraction of sp³-hybridized carbons (Fsp3) is 0.562. The summed E-state index contributed by atoms with van der Waals surface area (Å²) in [6.07, 6.45) is 0. The first-order valence-electron chi connectivity index (χ1n) is 7.32. The number of hydrogen-bond donors (Lipinski definition) is 2. The number of halogens is 1. The third kappa shape index (κ3) is 5.71. The maximum absolute atomic E-state index is 14.0. The van der Waals surface area contributed by atoms with Crippen molar-refractivity contribution in [2.45, 2.75) is 46.3 Å². The van der Waals surface area contributed by atoms with Gasteiger partial charge in [0.2, 0.25) is 5.91 Å². The maximum Gasteiger partial charge on any atom is 0.239 e. The molecule has 1 rings (SSSR count). The highest BCUT2D eigenvalue weighted by molar-refractivity contribution is 5.81. The molecule has 0 spiro atoms. The van der Waals surface area contributed by atoms with Crippen LogP contribution in [0.3, 0.4) is 0 Å². The third-order valence-corrected chi connectivity index (χ3v) is 3.02. The van der Waals surface area contributed by atoms with E-state index in [4.69, 9.17) is 0 Å². The van der Waals surface area contributed by atoms with Crippen LogP contribution in [-0.4, -0.2) is 31.6 Å². The predicted octanol–water partition coefficient (Wildman–Crippen LogP) is 2.28. The molecule has 0 aliphatic carbocycles. The van der Waals surface area contributed by atoms with E-state index in [0.29, 0.717) is 12.1 Å². The number of amides is 1. The molecule has 21 heavy (non-hydrogen) atoms. The second-order valence-corrected chi connectivity index (χ2v) is 5.85. The van der Waals surface area contributed by atoms with E-state index in [1.807, 2.05) is 33.8 Å². The van der Waals surface area contributed by atoms with Gasteiger partial charge < -0.3 is 15.5 Å². The molecule has 1 aromatic rings. The lowest BCUT2D eigenvalue weighted by atomic mass is 10.1. The number of likely N-dealkylation sites (N-methyl/N-ethyl adjacent to an activating group) is 1. The Morgan fingerprint density at radius 2 is 1.90 bits per heavy atom. The standard InChI is InChI=1S/C16H26FN3O/c1-11(2)18-9-13-14(17)7-6-8-15(13)20(5)10-16(21)19-12(3)4/h6-8,11-12,18H,9-10H2,1-5H3,(H,19,21). The van der Waals surface area contributed by atoms with Crippen LogP contribution in [0, 0.1) is 5.82 Å². The van der Waals surface area contributed by atoms with Gasteiger partial charge in [0, 0.05) is 36.9 Å². The summed E-state index contributed by atoms with van der Waals surface area (Å²) in [6, 6.07) is 5.32. The Morgan fingerprint density at radius 3 is 2.48 bits per heavy atom. The molecule has 1 amide bonds. The minimum absolute atomic E-state index is 0.0699. The number of nitrogens with one attached hydrogen (secondary N) is 2. The fourth-order valence-corrected chi connectivity index (χ4v) is 2.05. The smallest absolute Gasteiger partial charge is 0.239 e. The molecular weight excluding hydrogens is 269 g/mol. The van der Waals surface area contributed by atoms with Gasteiger partial charge in [-0.3, -0.25) is 4.79 Å². The Morgan fingerprint density at radius 1 is 1.24 bits per heavy atom. The molecule has 0 aliphatic heterocycles. The molecule has 0 aliphatic rings. The molecule has 0 atom stereocenters. The first-order valence-corrected chi connectivity index (χ1v) is 7.32. The van der Waals surface area contributed by atoms with E-state index in [2.05, 4.69) is 10.6 Å². The van der Waals surface area contributed by atoms with Gasteiger partial charge in [-0.05, 0) is 26.0 Å². The molecule has 0 fully saturated rings. The van der Waals surface area contributed by atoms with Gasteiger partial charge in [0.25, 0.3) is 0 Å². The van der Waals surface area contributed by atoms with Crippen LogP contribution in [0.4, 0.5) is 10.1 Å². The largest absolute Gasteiger partial charge is 0.365 e.